The number of carbonyl (C=O) groups is 2. The van der Waals surface area contributed by atoms with Crippen molar-refractivity contribution in [1.29, 1.82) is 0 Å². The molecule has 2 aromatic rings. The fraction of sp³-hybridized carbons (Fsp3) is 0.500. The van der Waals surface area contributed by atoms with Crippen LogP contribution < -0.4 is 5.32 Å². The van der Waals surface area contributed by atoms with Crippen molar-refractivity contribution in [3.8, 4) is 11.5 Å². The second-order valence-corrected chi connectivity index (χ2v) is 7.23. The molecule has 0 spiro atoms. The van der Waals surface area contributed by atoms with E-state index in [0.29, 0.717) is 36.8 Å². The van der Waals surface area contributed by atoms with Crippen molar-refractivity contribution in [2.45, 2.75) is 53.0 Å². The molecule has 27 heavy (non-hydrogen) atoms. The summed E-state index contributed by atoms with van der Waals surface area (Å²) in [5.74, 6) is 0.830. The molecule has 0 aliphatic carbocycles. The third kappa shape index (κ3) is 4.02. The summed E-state index contributed by atoms with van der Waals surface area (Å²) in [6, 6.07) is 5.22. The van der Waals surface area contributed by atoms with Crippen molar-refractivity contribution in [2.24, 2.45) is 5.92 Å². The Morgan fingerprint density at radius 2 is 2.15 bits per heavy atom. The van der Waals surface area contributed by atoms with Crippen molar-refractivity contribution in [3.05, 3.63) is 29.6 Å². The Kier molecular flexibility index (Phi) is 5.58. The van der Waals surface area contributed by atoms with Gasteiger partial charge in [-0.05, 0) is 37.5 Å². The van der Waals surface area contributed by atoms with Gasteiger partial charge in [0.05, 0.1) is 0 Å². The number of benzene rings is 1. The Bertz CT molecular complexity index is 844. The smallest absolute Gasteiger partial charge is 0.257 e. The third-order valence-electron chi connectivity index (χ3n) is 4.86. The fourth-order valence-electron chi connectivity index (χ4n) is 3.26. The molecule has 1 fully saturated rings. The van der Waals surface area contributed by atoms with Crippen molar-refractivity contribution >= 4 is 17.5 Å². The highest BCUT2D eigenvalue weighted by atomic mass is 16.5. The summed E-state index contributed by atoms with van der Waals surface area (Å²) in [5, 5.41) is 6.90. The Morgan fingerprint density at radius 3 is 2.81 bits per heavy atom. The van der Waals surface area contributed by atoms with Gasteiger partial charge in [-0.1, -0.05) is 32.0 Å². The molecule has 7 nitrogen and oxygen atoms in total. The zero-order valence-corrected chi connectivity index (χ0v) is 16.3. The first kappa shape index (κ1) is 19.1. The second kappa shape index (κ2) is 7.90. The maximum atomic E-state index is 12.8. The summed E-state index contributed by atoms with van der Waals surface area (Å²) in [7, 11) is 0. The summed E-state index contributed by atoms with van der Waals surface area (Å²) >= 11 is 0. The van der Waals surface area contributed by atoms with Crippen molar-refractivity contribution in [3.63, 3.8) is 0 Å². The van der Waals surface area contributed by atoms with Gasteiger partial charge in [-0.2, -0.15) is 4.98 Å². The molecular formula is C20H26N4O3. The van der Waals surface area contributed by atoms with Gasteiger partial charge in [0.25, 0.3) is 5.89 Å². The number of aromatic nitrogens is 2. The van der Waals surface area contributed by atoms with E-state index in [1.54, 1.807) is 4.90 Å². The zero-order valence-electron chi connectivity index (χ0n) is 16.3. The van der Waals surface area contributed by atoms with Gasteiger partial charge in [0, 0.05) is 30.1 Å². The molecule has 1 aliphatic heterocycles. The van der Waals surface area contributed by atoms with E-state index in [1.807, 2.05) is 45.9 Å². The predicted molar refractivity (Wildman–Crippen MR) is 102 cm³/mol. The molecule has 0 bridgehead atoms. The molecule has 1 saturated heterocycles. The number of nitrogens with one attached hydrogen (secondary N) is 1. The molecule has 1 atom stereocenters. The monoisotopic (exact) mass is 370 g/mol. The van der Waals surface area contributed by atoms with Gasteiger partial charge < -0.3 is 14.7 Å². The lowest BCUT2D eigenvalue weighted by molar-refractivity contribution is -0.139. The van der Waals surface area contributed by atoms with E-state index in [1.165, 1.54) is 0 Å². The maximum absolute atomic E-state index is 12.8. The van der Waals surface area contributed by atoms with Gasteiger partial charge in [-0.15, -0.1) is 0 Å². The van der Waals surface area contributed by atoms with E-state index in [-0.39, 0.29) is 17.7 Å². The molecule has 0 radical (unpaired) electrons. The first-order chi connectivity index (χ1) is 12.9. The van der Waals surface area contributed by atoms with E-state index < -0.39 is 6.04 Å². The predicted octanol–water partition coefficient (Wildman–Crippen LogP) is 3.19. The number of carbonyl (C=O) groups excluding carboxylic acids is 2. The number of hydrogen-bond donors (Lipinski definition) is 1. The van der Waals surface area contributed by atoms with Crippen LogP contribution in [0, 0.1) is 12.8 Å². The number of likely N-dealkylation sites (tertiary alicyclic amines) is 1. The van der Waals surface area contributed by atoms with Crippen LogP contribution in [-0.2, 0) is 16.0 Å². The summed E-state index contributed by atoms with van der Waals surface area (Å²) in [4.78, 5) is 31.3. The lowest BCUT2D eigenvalue weighted by atomic mass is 10.1. The number of nitrogens with zero attached hydrogens (tertiary/aromatic N) is 3. The number of amides is 2. The molecule has 1 N–H and O–H groups in total. The molecule has 1 aromatic carbocycles. The van der Waals surface area contributed by atoms with Crippen LogP contribution >= 0.6 is 0 Å². The number of anilines is 1. The number of rotatable bonds is 5. The topological polar surface area (TPSA) is 88.3 Å². The minimum atomic E-state index is -0.418. The quantitative estimate of drug-likeness (QED) is 0.873. The van der Waals surface area contributed by atoms with Gasteiger partial charge in [0.2, 0.25) is 11.8 Å². The van der Waals surface area contributed by atoms with Crippen LogP contribution in [0.3, 0.4) is 0 Å². The minimum Gasteiger partial charge on any atom is -0.334 e. The molecule has 2 amide bonds. The van der Waals surface area contributed by atoms with E-state index >= 15 is 0 Å². The van der Waals surface area contributed by atoms with Crippen LogP contribution in [0.15, 0.2) is 22.7 Å². The second-order valence-electron chi connectivity index (χ2n) is 7.23. The average molecular weight is 370 g/mol. The SMILES string of the molecule is CCc1noc(-c2ccc(C)c(NC(=O)C3CCCN3C(=O)C(C)C)c2)n1. The van der Waals surface area contributed by atoms with Crippen LogP contribution in [0.2, 0.25) is 0 Å². The van der Waals surface area contributed by atoms with E-state index in [9.17, 15) is 9.59 Å². The molecule has 7 heteroatoms. The summed E-state index contributed by atoms with van der Waals surface area (Å²) in [5.41, 5.74) is 2.38. The highest BCUT2D eigenvalue weighted by Crippen LogP contribution is 2.26. The molecule has 2 heterocycles. The molecule has 1 aromatic heterocycles. The van der Waals surface area contributed by atoms with Crippen LogP contribution in [-0.4, -0.2) is 39.4 Å². The van der Waals surface area contributed by atoms with Crippen molar-refractivity contribution < 1.29 is 14.1 Å². The minimum absolute atomic E-state index is 0.0241. The third-order valence-corrected chi connectivity index (χ3v) is 4.86. The van der Waals surface area contributed by atoms with E-state index in [2.05, 4.69) is 15.5 Å². The van der Waals surface area contributed by atoms with Crippen LogP contribution in [0.25, 0.3) is 11.5 Å². The normalized spacial score (nSPS) is 16.8. The van der Waals surface area contributed by atoms with E-state index in [0.717, 1.165) is 17.5 Å². The molecule has 1 unspecified atom stereocenters. The Labute approximate surface area is 159 Å². The summed E-state index contributed by atoms with van der Waals surface area (Å²) in [6.07, 6.45) is 2.23. The summed E-state index contributed by atoms with van der Waals surface area (Å²) in [6.45, 7) is 8.24. The summed E-state index contributed by atoms with van der Waals surface area (Å²) < 4.78 is 5.29. The van der Waals surface area contributed by atoms with Crippen LogP contribution in [0.5, 0.6) is 0 Å². The highest BCUT2D eigenvalue weighted by molar-refractivity contribution is 5.98. The molecule has 144 valence electrons. The number of hydrogen-bond acceptors (Lipinski definition) is 5. The van der Waals surface area contributed by atoms with Gasteiger partial charge >= 0.3 is 0 Å². The maximum Gasteiger partial charge on any atom is 0.257 e. The van der Waals surface area contributed by atoms with E-state index in [4.69, 9.17) is 4.52 Å². The van der Waals surface area contributed by atoms with Crippen molar-refractivity contribution in [1.82, 2.24) is 15.0 Å². The lowest BCUT2D eigenvalue weighted by Gasteiger charge is -2.26. The first-order valence-electron chi connectivity index (χ1n) is 9.45. The van der Waals surface area contributed by atoms with Crippen LogP contribution in [0.4, 0.5) is 5.69 Å². The highest BCUT2D eigenvalue weighted by Gasteiger charge is 2.35. The van der Waals surface area contributed by atoms with Crippen molar-refractivity contribution in [2.75, 3.05) is 11.9 Å². The Balaban J connectivity index is 1.79. The fourth-order valence-corrected chi connectivity index (χ4v) is 3.26. The first-order valence-corrected chi connectivity index (χ1v) is 9.45. The number of aryl methyl sites for hydroxylation is 2. The Morgan fingerprint density at radius 1 is 1.37 bits per heavy atom. The van der Waals surface area contributed by atoms with Crippen LogP contribution in [0.1, 0.15) is 45.0 Å². The standard InChI is InChI=1S/C20H26N4O3/c1-5-17-22-19(27-23-17)14-9-8-13(4)15(11-14)21-18(25)16-7-6-10-24(16)20(26)12(2)3/h8-9,11-12,16H,5-7,10H2,1-4H3,(H,21,25). The average Bonchev–Trinajstić information content (AvgIpc) is 3.32. The zero-order chi connectivity index (χ0) is 19.6. The largest absolute Gasteiger partial charge is 0.334 e. The molecule has 3 rings (SSSR count). The van der Waals surface area contributed by atoms with Gasteiger partial charge in [0.1, 0.15) is 6.04 Å². The Hall–Kier alpha value is -2.70. The van der Waals surface area contributed by atoms with Gasteiger partial charge in [-0.25, -0.2) is 0 Å². The molecule has 0 saturated carbocycles. The lowest BCUT2D eigenvalue weighted by Crippen LogP contribution is -2.44. The van der Waals surface area contributed by atoms with Gasteiger partial charge in [-0.3, -0.25) is 9.59 Å². The van der Waals surface area contributed by atoms with Gasteiger partial charge in [0.15, 0.2) is 5.82 Å². The molecule has 1 aliphatic rings. The molecular weight excluding hydrogens is 344 g/mol.